The molecule has 100 valence electrons. The van der Waals surface area contributed by atoms with Crippen molar-refractivity contribution in [2.75, 3.05) is 13.7 Å². The minimum Gasteiger partial charge on any atom is -0.460 e. The Bertz CT molecular complexity index is 259. The first kappa shape index (κ1) is 15.7. The Morgan fingerprint density at radius 2 is 1.94 bits per heavy atom. The Hall–Kier alpha value is -1.30. The number of carbonyl (C=O) groups excluding carboxylic acids is 2. The van der Waals surface area contributed by atoms with Crippen LogP contribution in [0.1, 0.15) is 33.6 Å². The molecule has 0 saturated heterocycles. The van der Waals surface area contributed by atoms with Crippen molar-refractivity contribution in [1.82, 2.24) is 5.32 Å². The van der Waals surface area contributed by atoms with Gasteiger partial charge in [-0.05, 0) is 27.2 Å². The van der Waals surface area contributed by atoms with E-state index < -0.39 is 17.7 Å². The molecule has 0 spiro atoms. The van der Waals surface area contributed by atoms with Crippen LogP contribution >= 0.6 is 0 Å². The number of aliphatic hydroxyl groups is 1. The zero-order chi connectivity index (χ0) is 13.5. The van der Waals surface area contributed by atoms with Crippen molar-refractivity contribution < 1.29 is 24.2 Å². The van der Waals surface area contributed by atoms with E-state index in [1.165, 1.54) is 7.11 Å². The highest BCUT2D eigenvalue weighted by Gasteiger charge is 2.18. The van der Waals surface area contributed by atoms with E-state index in [1.54, 1.807) is 20.8 Å². The third kappa shape index (κ3) is 8.50. The highest BCUT2D eigenvalue weighted by molar-refractivity contribution is 5.70. The second kappa shape index (κ2) is 7.11. The van der Waals surface area contributed by atoms with Gasteiger partial charge in [0.25, 0.3) is 0 Å². The summed E-state index contributed by atoms with van der Waals surface area (Å²) < 4.78 is 9.49. The van der Waals surface area contributed by atoms with Crippen LogP contribution in [0.4, 0.5) is 4.79 Å². The predicted molar refractivity (Wildman–Crippen MR) is 61.5 cm³/mol. The van der Waals surface area contributed by atoms with E-state index >= 15 is 0 Å². The lowest BCUT2D eigenvalue weighted by atomic mass is 10.1. The summed E-state index contributed by atoms with van der Waals surface area (Å²) in [5.41, 5.74) is -0.526. The average molecular weight is 247 g/mol. The van der Waals surface area contributed by atoms with Crippen LogP contribution in [-0.4, -0.2) is 42.5 Å². The lowest BCUT2D eigenvalue weighted by Gasteiger charge is -2.20. The van der Waals surface area contributed by atoms with Crippen LogP contribution < -0.4 is 5.32 Å². The molecule has 0 fully saturated rings. The summed E-state index contributed by atoms with van der Waals surface area (Å²) in [4.78, 5) is 22.3. The number of aliphatic hydroxyl groups excluding tert-OH is 1. The molecule has 0 saturated carbocycles. The van der Waals surface area contributed by atoms with E-state index in [0.29, 0.717) is 6.42 Å². The number of hydrogen-bond donors (Lipinski definition) is 2. The quantitative estimate of drug-likeness (QED) is 0.703. The molecule has 0 aliphatic carbocycles. The molecular formula is C11H21NO5. The van der Waals surface area contributed by atoms with Crippen LogP contribution in [0.25, 0.3) is 0 Å². The summed E-state index contributed by atoms with van der Waals surface area (Å²) in [6.07, 6.45) is -0.194. The number of methoxy groups -OCH3 is 1. The summed E-state index contributed by atoms with van der Waals surface area (Å²) in [7, 11) is 1.23. The number of nitrogens with one attached hydrogen (secondary N) is 1. The van der Waals surface area contributed by atoms with E-state index in [-0.39, 0.29) is 19.0 Å². The van der Waals surface area contributed by atoms with Gasteiger partial charge in [0.2, 0.25) is 0 Å². The fourth-order valence-electron chi connectivity index (χ4n) is 1.12. The highest BCUT2D eigenvalue weighted by Crippen LogP contribution is 2.10. The first-order valence-electron chi connectivity index (χ1n) is 5.45. The molecular weight excluding hydrogens is 226 g/mol. The number of carbonyl (C=O) groups is 2. The molecule has 0 heterocycles. The standard InChI is InChI=1S/C11H21NO5/c1-11(2,3)17-9(14)6-5-8(7-13)12-10(15)16-4/h8,13H,5-7H2,1-4H3,(H,12,15)/t8-/m0/s1. The van der Waals surface area contributed by atoms with Gasteiger partial charge < -0.3 is 19.9 Å². The molecule has 0 aliphatic rings. The predicted octanol–water partition coefficient (Wildman–Crippen LogP) is 0.825. The van der Waals surface area contributed by atoms with Crippen LogP contribution in [0, 0.1) is 0 Å². The molecule has 6 heteroatoms. The Morgan fingerprint density at radius 1 is 1.35 bits per heavy atom. The minimum absolute atomic E-state index is 0.131. The van der Waals surface area contributed by atoms with Crippen molar-refractivity contribution in [3.63, 3.8) is 0 Å². The van der Waals surface area contributed by atoms with Gasteiger partial charge in [0.1, 0.15) is 5.60 Å². The SMILES string of the molecule is COC(=O)N[C@H](CO)CCC(=O)OC(C)(C)C. The molecule has 0 aromatic carbocycles. The van der Waals surface area contributed by atoms with Crippen molar-refractivity contribution >= 4 is 12.1 Å². The number of esters is 1. The maximum absolute atomic E-state index is 11.4. The summed E-state index contributed by atoms with van der Waals surface area (Å²) in [6, 6.07) is -0.505. The van der Waals surface area contributed by atoms with Gasteiger partial charge in [-0.25, -0.2) is 4.79 Å². The van der Waals surface area contributed by atoms with Gasteiger partial charge in [0.05, 0.1) is 19.8 Å². The highest BCUT2D eigenvalue weighted by atomic mass is 16.6. The number of alkyl carbamates (subject to hydrolysis) is 1. The fourth-order valence-corrected chi connectivity index (χ4v) is 1.12. The summed E-state index contributed by atoms with van der Waals surface area (Å²) >= 11 is 0. The second-order valence-electron chi connectivity index (χ2n) is 4.64. The molecule has 0 rings (SSSR count). The van der Waals surface area contributed by atoms with E-state index in [1.807, 2.05) is 0 Å². The molecule has 1 atom stereocenters. The first-order chi connectivity index (χ1) is 7.78. The molecule has 0 aliphatic heterocycles. The van der Waals surface area contributed by atoms with Crippen LogP contribution in [0.5, 0.6) is 0 Å². The van der Waals surface area contributed by atoms with Crippen molar-refractivity contribution in [3.05, 3.63) is 0 Å². The second-order valence-corrected chi connectivity index (χ2v) is 4.64. The van der Waals surface area contributed by atoms with Gasteiger partial charge in [0.15, 0.2) is 0 Å². The van der Waals surface area contributed by atoms with Gasteiger partial charge in [0, 0.05) is 6.42 Å². The van der Waals surface area contributed by atoms with E-state index in [9.17, 15) is 9.59 Å². The number of amides is 1. The molecule has 0 aromatic rings. The van der Waals surface area contributed by atoms with Crippen molar-refractivity contribution in [2.45, 2.75) is 45.3 Å². The van der Waals surface area contributed by atoms with E-state index in [2.05, 4.69) is 10.1 Å². The maximum Gasteiger partial charge on any atom is 0.407 e. The minimum atomic E-state index is -0.631. The smallest absolute Gasteiger partial charge is 0.407 e. The normalized spacial score (nSPS) is 12.8. The van der Waals surface area contributed by atoms with Gasteiger partial charge >= 0.3 is 12.1 Å². The topological polar surface area (TPSA) is 84.9 Å². The zero-order valence-electron chi connectivity index (χ0n) is 10.8. The van der Waals surface area contributed by atoms with Crippen molar-refractivity contribution in [1.29, 1.82) is 0 Å². The largest absolute Gasteiger partial charge is 0.460 e. The lowest BCUT2D eigenvalue weighted by molar-refractivity contribution is -0.155. The summed E-state index contributed by atoms with van der Waals surface area (Å²) in [5.74, 6) is -0.359. The van der Waals surface area contributed by atoms with Crippen LogP contribution in [0.2, 0.25) is 0 Å². The molecule has 2 N–H and O–H groups in total. The van der Waals surface area contributed by atoms with Gasteiger partial charge in [-0.2, -0.15) is 0 Å². The molecule has 1 amide bonds. The third-order valence-electron chi connectivity index (χ3n) is 1.84. The zero-order valence-corrected chi connectivity index (χ0v) is 10.8. The Labute approximate surface area is 101 Å². The monoisotopic (exact) mass is 247 g/mol. The molecule has 0 radical (unpaired) electrons. The third-order valence-corrected chi connectivity index (χ3v) is 1.84. The van der Waals surface area contributed by atoms with Gasteiger partial charge in [-0.1, -0.05) is 0 Å². The van der Waals surface area contributed by atoms with Gasteiger partial charge in [-0.15, -0.1) is 0 Å². The van der Waals surface area contributed by atoms with Crippen LogP contribution in [-0.2, 0) is 14.3 Å². The molecule has 0 aromatic heterocycles. The Morgan fingerprint density at radius 3 is 2.35 bits per heavy atom. The van der Waals surface area contributed by atoms with E-state index in [4.69, 9.17) is 9.84 Å². The Kier molecular flexibility index (Phi) is 6.57. The van der Waals surface area contributed by atoms with Crippen molar-refractivity contribution in [3.8, 4) is 0 Å². The number of ether oxygens (including phenoxy) is 2. The fraction of sp³-hybridized carbons (Fsp3) is 0.818. The lowest BCUT2D eigenvalue weighted by Crippen LogP contribution is -2.38. The average Bonchev–Trinajstić information content (AvgIpc) is 2.21. The maximum atomic E-state index is 11.4. The molecule has 17 heavy (non-hydrogen) atoms. The summed E-state index contributed by atoms with van der Waals surface area (Å²) in [5, 5.41) is 11.4. The van der Waals surface area contributed by atoms with E-state index in [0.717, 1.165) is 0 Å². The van der Waals surface area contributed by atoms with Crippen LogP contribution in [0.3, 0.4) is 0 Å². The van der Waals surface area contributed by atoms with Crippen molar-refractivity contribution in [2.24, 2.45) is 0 Å². The molecule has 0 unspecified atom stereocenters. The first-order valence-corrected chi connectivity index (χ1v) is 5.45. The molecule has 0 bridgehead atoms. The number of hydrogen-bond acceptors (Lipinski definition) is 5. The summed E-state index contributed by atoms with van der Waals surface area (Å²) in [6.45, 7) is 5.08. The number of rotatable bonds is 5. The Balaban J connectivity index is 3.98. The van der Waals surface area contributed by atoms with Gasteiger partial charge in [-0.3, -0.25) is 4.79 Å². The van der Waals surface area contributed by atoms with Crippen LogP contribution in [0.15, 0.2) is 0 Å². The molecule has 6 nitrogen and oxygen atoms in total.